The van der Waals surface area contributed by atoms with Crippen molar-refractivity contribution in [3.05, 3.63) is 94.5 Å². The fraction of sp³-hybridized carbons (Fsp3) is 0.280. The number of aromatic nitrogens is 1. The van der Waals surface area contributed by atoms with Gasteiger partial charge >= 0.3 is 0 Å². The van der Waals surface area contributed by atoms with Crippen LogP contribution in [-0.2, 0) is 11.3 Å². The van der Waals surface area contributed by atoms with Crippen LogP contribution in [0.5, 0.6) is 0 Å². The van der Waals surface area contributed by atoms with Crippen LogP contribution in [0.4, 0.5) is 4.39 Å². The summed E-state index contributed by atoms with van der Waals surface area (Å²) in [5, 5.41) is 0.353. The van der Waals surface area contributed by atoms with Crippen LogP contribution in [0.2, 0.25) is 5.02 Å². The van der Waals surface area contributed by atoms with Crippen LogP contribution < -0.4 is 0 Å². The molecule has 5 nitrogen and oxygen atoms in total. The molecule has 0 fully saturated rings. The second-order valence-electron chi connectivity index (χ2n) is 7.84. The van der Waals surface area contributed by atoms with Gasteiger partial charge in [-0.25, -0.2) is 4.39 Å². The van der Waals surface area contributed by atoms with E-state index in [0.717, 1.165) is 5.69 Å². The van der Waals surface area contributed by atoms with E-state index in [4.69, 9.17) is 11.6 Å². The molecule has 0 bridgehead atoms. The third-order valence-corrected chi connectivity index (χ3v) is 6.10. The summed E-state index contributed by atoms with van der Waals surface area (Å²) in [6.07, 6.45) is 2.64. The Labute approximate surface area is 192 Å². The molecule has 1 aromatic heterocycles. The van der Waals surface area contributed by atoms with E-state index in [-0.39, 0.29) is 24.2 Å². The average molecular weight is 454 g/mol. The Morgan fingerprint density at radius 3 is 2.56 bits per heavy atom. The van der Waals surface area contributed by atoms with E-state index in [9.17, 15) is 14.0 Å². The molecule has 0 radical (unpaired) electrons. The number of halogens is 2. The SMILES string of the molecule is CCCN(CC(=O)N1CCn2cccc2C1c1ccccc1F)C(=O)c1ccccc1Cl. The van der Waals surface area contributed by atoms with E-state index >= 15 is 0 Å². The molecule has 1 unspecified atom stereocenters. The Kier molecular flexibility index (Phi) is 6.61. The minimum Gasteiger partial charge on any atom is -0.348 e. The molecule has 1 atom stereocenters. The maximum absolute atomic E-state index is 14.8. The maximum Gasteiger partial charge on any atom is 0.255 e. The standard InChI is InChI=1S/C25H25ClFN3O2/c1-2-13-29(25(32)18-8-3-5-10-20(18)26)17-23(31)30-16-15-28-14-7-12-22(28)24(30)19-9-4-6-11-21(19)27/h3-12,14,24H,2,13,15-17H2,1H3. The molecule has 2 aromatic carbocycles. The Morgan fingerprint density at radius 2 is 1.81 bits per heavy atom. The minimum atomic E-state index is -0.550. The summed E-state index contributed by atoms with van der Waals surface area (Å²) in [5.41, 5.74) is 1.67. The van der Waals surface area contributed by atoms with Crippen LogP contribution in [0.3, 0.4) is 0 Å². The van der Waals surface area contributed by atoms with Crippen LogP contribution in [0.15, 0.2) is 66.9 Å². The first-order valence-corrected chi connectivity index (χ1v) is 11.1. The molecule has 0 saturated heterocycles. The van der Waals surface area contributed by atoms with E-state index < -0.39 is 6.04 Å². The highest BCUT2D eigenvalue weighted by Crippen LogP contribution is 2.34. The number of benzene rings is 2. The number of carbonyl (C=O) groups excluding carboxylic acids is 2. The highest BCUT2D eigenvalue weighted by Gasteiger charge is 2.34. The number of rotatable bonds is 6. The molecule has 2 heterocycles. The van der Waals surface area contributed by atoms with Gasteiger partial charge in [0.05, 0.1) is 10.6 Å². The first-order valence-electron chi connectivity index (χ1n) is 10.7. The molecule has 0 spiro atoms. The molecule has 0 saturated carbocycles. The summed E-state index contributed by atoms with van der Waals surface area (Å²) in [7, 11) is 0. The van der Waals surface area contributed by atoms with Crippen molar-refractivity contribution in [2.45, 2.75) is 25.9 Å². The van der Waals surface area contributed by atoms with Crippen molar-refractivity contribution in [3.8, 4) is 0 Å². The third kappa shape index (κ3) is 4.28. The summed E-state index contributed by atoms with van der Waals surface area (Å²) < 4.78 is 16.8. The van der Waals surface area contributed by atoms with Crippen molar-refractivity contribution in [1.29, 1.82) is 0 Å². The predicted molar refractivity (Wildman–Crippen MR) is 122 cm³/mol. The second-order valence-corrected chi connectivity index (χ2v) is 8.25. The smallest absolute Gasteiger partial charge is 0.255 e. The Hall–Kier alpha value is -3.12. The molecule has 0 aliphatic carbocycles. The van der Waals surface area contributed by atoms with E-state index in [1.807, 2.05) is 29.8 Å². The minimum absolute atomic E-state index is 0.0937. The zero-order chi connectivity index (χ0) is 22.7. The Bertz CT molecular complexity index is 1130. The average Bonchev–Trinajstić information content (AvgIpc) is 3.27. The quantitative estimate of drug-likeness (QED) is 0.540. The van der Waals surface area contributed by atoms with Gasteiger partial charge in [0.25, 0.3) is 5.91 Å². The van der Waals surface area contributed by atoms with Crippen LogP contribution >= 0.6 is 11.6 Å². The Morgan fingerprint density at radius 1 is 1.06 bits per heavy atom. The molecule has 0 N–H and O–H groups in total. The van der Waals surface area contributed by atoms with Crippen molar-refractivity contribution in [3.63, 3.8) is 0 Å². The van der Waals surface area contributed by atoms with Crippen molar-refractivity contribution in [1.82, 2.24) is 14.4 Å². The number of hydrogen-bond acceptors (Lipinski definition) is 2. The van der Waals surface area contributed by atoms with Crippen LogP contribution in [0.1, 0.15) is 41.0 Å². The number of amides is 2. The summed E-state index contributed by atoms with van der Waals surface area (Å²) in [5.74, 6) is -0.865. The second kappa shape index (κ2) is 9.57. The Balaban J connectivity index is 1.64. The molecule has 32 heavy (non-hydrogen) atoms. The molecule has 166 valence electrons. The number of nitrogens with zero attached hydrogens (tertiary/aromatic N) is 3. The maximum atomic E-state index is 14.8. The fourth-order valence-electron chi connectivity index (χ4n) is 4.26. The number of hydrogen-bond donors (Lipinski definition) is 0. The molecule has 4 rings (SSSR count). The zero-order valence-electron chi connectivity index (χ0n) is 17.9. The highest BCUT2D eigenvalue weighted by molar-refractivity contribution is 6.33. The van der Waals surface area contributed by atoms with Crippen molar-refractivity contribution >= 4 is 23.4 Å². The summed E-state index contributed by atoms with van der Waals surface area (Å²) in [4.78, 5) is 29.8. The number of fused-ring (bicyclic) bond motifs is 1. The van der Waals surface area contributed by atoms with E-state index in [2.05, 4.69) is 0 Å². The van der Waals surface area contributed by atoms with Crippen molar-refractivity contribution in [2.24, 2.45) is 0 Å². The summed E-state index contributed by atoms with van der Waals surface area (Å²) in [6.45, 7) is 3.33. The lowest BCUT2D eigenvalue weighted by molar-refractivity contribution is -0.134. The molecule has 7 heteroatoms. The molecule has 2 amide bonds. The van der Waals surface area contributed by atoms with Gasteiger partial charge in [0.1, 0.15) is 18.4 Å². The predicted octanol–water partition coefficient (Wildman–Crippen LogP) is 4.76. The summed E-state index contributed by atoms with van der Waals surface area (Å²) in [6, 6.07) is 16.6. The van der Waals surface area contributed by atoms with Gasteiger partial charge in [-0.05, 0) is 36.8 Å². The topological polar surface area (TPSA) is 45.6 Å². The largest absolute Gasteiger partial charge is 0.348 e. The lowest BCUT2D eigenvalue weighted by atomic mass is 9.99. The zero-order valence-corrected chi connectivity index (χ0v) is 18.6. The fourth-order valence-corrected chi connectivity index (χ4v) is 4.47. The van der Waals surface area contributed by atoms with Crippen molar-refractivity contribution < 1.29 is 14.0 Å². The molecular weight excluding hydrogens is 429 g/mol. The first kappa shape index (κ1) is 22.1. The normalized spacial score (nSPS) is 15.3. The van der Waals surface area contributed by atoms with Gasteiger partial charge in [-0.1, -0.05) is 48.9 Å². The molecule has 1 aliphatic heterocycles. The molecular formula is C25H25ClFN3O2. The van der Waals surface area contributed by atoms with Gasteiger partial charge in [-0.2, -0.15) is 0 Å². The van der Waals surface area contributed by atoms with Crippen LogP contribution in [0, 0.1) is 5.82 Å². The van der Waals surface area contributed by atoms with E-state index in [0.29, 0.717) is 42.2 Å². The van der Waals surface area contributed by atoms with Gasteiger partial charge in [0.2, 0.25) is 5.91 Å². The van der Waals surface area contributed by atoms with E-state index in [1.165, 1.54) is 11.0 Å². The third-order valence-electron chi connectivity index (χ3n) is 5.77. The van der Waals surface area contributed by atoms with Gasteiger partial charge < -0.3 is 14.4 Å². The molecule has 1 aliphatic rings. The number of carbonyl (C=O) groups is 2. The van der Waals surface area contributed by atoms with E-state index in [1.54, 1.807) is 47.4 Å². The van der Waals surface area contributed by atoms with Gasteiger partial charge in [-0.3, -0.25) is 9.59 Å². The van der Waals surface area contributed by atoms with Gasteiger partial charge in [0.15, 0.2) is 0 Å². The highest BCUT2D eigenvalue weighted by atomic mass is 35.5. The van der Waals surface area contributed by atoms with Crippen LogP contribution in [0.25, 0.3) is 0 Å². The summed E-state index contributed by atoms with van der Waals surface area (Å²) >= 11 is 6.23. The first-order chi connectivity index (χ1) is 15.5. The monoisotopic (exact) mass is 453 g/mol. The lowest BCUT2D eigenvalue weighted by Crippen LogP contribution is -2.48. The van der Waals surface area contributed by atoms with Crippen LogP contribution in [-0.4, -0.2) is 45.8 Å². The molecule has 3 aromatic rings. The van der Waals surface area contributed by atoms with Gasteiger partial charge in [0, 0.05) is 37.1 Å². The van der Waals surface area contributed by atoms with Crippen molar-refractivity contribution in [2.75, 3.05) is 19.6 Å². The van der Waals surface area contributed by atoms with Gasteiger partial charge in [-0.15, -0.1) is 0 Å². The lowest BCUT2D eigenvalue weighted by Gasteiger charge is -2.38.